The molecule has 4 atom stereocenters. The van der Waals surface area contributed by atoms with Crippen molar-refractivity contribution in [2.45, 2.75) is 31.0 Å². The average Bonchev–Trinajstić information content (AvgIpc) is 3.21. The highest BCUT2D eigenvalue weighted by Gasteiger charge is 2.53. The number of primary amides is 1. The minimum Gasteiger partial charge on any atom is -0.491 e. The number of ether oxygens (including phenoxy) is 2. The molecular formula is C19H20ClN5O5. The summed E-state index contributed by atoms with van der Waals surface area (Å²) < 4.78 is 13.3. The van der Waals surface area contributed by atoms with Crippen molar-refractivity contribution in [1.82, 2.24) is 14.5 Å². The minimum absolute atomic E-state index is 0.0461. The van der Waals surface area contributed by atoms with E-state index in [1.54, 1.807) is 41.1 Å². The second kappa shape index (κ2) is 7.73. The zero-order valence-electron chi connectivity index (χ0n) is 15.9. The predicted molar refractivity (Wildman–Crippen MR) is 108 cm³/mol. The van der Waals surface area contributed by atoms with Gasteiger partial charge in [0.2, 0.25) is 0 Å². The summed E-state index contributed by atoms with van der Waals surface area (Å²) in [6.45, 7) is 1.43. The normalized spacial score (nSPS) is 26.1. The Balaban J connectivity index is 1.52. The summed E-state index contributed by atoms with van der Waals surface area (Å²) in [5.41, 5.74) is 4.46. The number of aliphatic hydroxyl groups is 2. The Morgan fingerprint density at radius 1 is 1.43 bits per heavy atom. The highest BCUT2D eigenvalue weighted by molar-refractivity contribution is 6.33. The quantitative estimate of drug-likeness (QED) is 0.448. The van der Waals surface area contributed by atoms with Crippen molar-refractivity contribution in [3.8, 4) is 5.75 Å². The van der Waals surface area contributed by atoms with Crippen molar-refractivity contribution >= 4 is 34.4 Å². The van der Waals surface area contributed by atoms with Crippen LogP contribution < -0.4 is 15.8 Å². The van der Waals surface area contributed by atoms with Crippen molar-refractivity contribution in [2.75, 3.05) is 11.9 Å². The van der Waals surface area contributed by atoms with Crippen molar-refractivity contribution < 1.29 is 24.5 Å². The van der Waals surface area contributed by atoms with Crippen LogP contribution in [0.25, 0.3) is 11.0 Å². The van der Waals surface area contributed by atoms with E-state index in [1.807, 2.05) is 0 Å². The van der Waals surface area contributed by atoms with Gasteiger partial charge in [0.1, 0.15) is 47.3 Å². The summed E-state index contributed by atoms with van der Waals surface area (Å²) in [5, 5.41) is 24.9. The zero-order chi connectivity index (χ0) is 21.5. The molecule has 3 aromatic rings. The van der Waals surface area contributed by atoms with Gasteiger partial charge in [-0.25, -0.2) is 14.8 Å². The first kappa shape index (κ1) is 20.4. The lowest BCUT2D eigenvalue weighted by molar-refractivity contribution is -0.0765. The lowest BCUT2D eigenvalue weighted by Gasteiger charge is -2.26. The van der Waals surface area contributed by atoms with Gasteiger partial charge in [-0.05, 0) is 25.1 Å². The van der Waals surface area contributed by atoms with Gasteiger partial charge in [0.05, 0.1) is 5.39 Å². The number of carbonyl (C=O) groups excluding carboxylic acids is 1. The Kier molecular flexibility index (Phi) is 5.24. The summed E-state index contributed by atoms with van der Waals surface area (Å²) in [7, 11) is 0. The number of aromatic nitrogens is 3. The van der Waals surface area contributed by atoms with Gasteiger partial charge < -0.3 is 35.3 Å². The van der Waals surface area contributed by atoms with Gasteiger partial charge in [-0.1, -0.05) is 17.7 Å². The summed E-state index contributed by atoms with van der Waals surface area (Å²) in [4.78, 5) is 19.1. The first-order valence-corrected chi connectivity index (χ1v) is 9.47. The second-order valence-electron chi connectivity index (χ2n) is 7.14. The zero-order valence-corrected chi connectivity index (χ0v) is 16.7. The van der Waals surface area contributed by atoms with E-state index in [0.717, 1.165) is 0 Å². The number of fused-ring (bicyclic) bond motifs is 1. The lowest BCUT2D eigenvalue weighted by Crippen LogP contribution is -2.47. The summed E-state index contributed by atoms with van der Waals surface area (Å²) in [5.74, 6) is 0.435. The topological polar surface area (TPSA) is 145 Å². The van der Waals surface area contributed by atoms with Gasteiger partial charge in [0.25, 0.3) is 0 Å². The molecule has 5 N–H and O–H groups in total. The van der Waals surface area contributed by atoms with Crippen LogP contribution in [0, 0.1) is 0 Å². The van der Waals surface area contributed by atoms with E-state index < -0.39 is 30.1 Å². The monoisotopic (exact) mass is 433 g/mol. The summed E-state index contributed by atoms with van der Waals surface area (Å²) >= 11 is 6.09. The van der Waals surface area contributed by atoms with Crippen LogP contribution in [0.3, 0.4) is 0 Å². The second-order valence-corrected chi connectivity index (χ2v) is 7.50. The van der Waals surface area contributed by atoms with Gasteiger partial charge in [-0.2, -0.15) is 0 Å². The smallest absolute Gasteiger partial charge is 0.316 e. The first-order chi connectivity index (χ1) is 14.3. The van der Waals surface area contributed by atoms with Crippen LogP contribution in [-0.4, -0.2) is 55.2 Å². The molecule has 11 heteroatoms. The van der Waals surface area contributed by atoms with Crippen molar-refractivity contribution in [3.63, 3.8) is 0 Å². The summed E-state index contributed by atoms with van der Waals surface area (Å²) in [6.07, 6.45) is -0.0237. The highest BCUT2D eigenvalue weighted by atomic mass is 35.5. The molecule has 1 aromatic carbocycles. The van der Waals surface area contributed by atoms with E-state index in [1.165, 1.54) is 13.3 Å². The number of anilines is 1. The average molecular weight is 434 g/mol. The Bertz CT molecular complexity index is 1090. The molecule has 0 radical (unpaired) electrons. The molecule has 0 bridgehead atoms. The molecule has 0 aliphatic carbocycles. The van der Waals surface area contributed by atoms with Crippen molar-refractivity contribution in [2.24, 2.45) is 5.73 Å². The molecule has 2 amide bonds. The number of amides is 2. The third kappa shape index (κ3) is 3.65. The molecule has 4 rings (SSSR count). The maximum atomic E-state index is 11.0. The van der Waals surface area contributed by atoms with E-state index in [4.69, 9.17) is 26.8 Å². The van der Waals surface area contributed by atoms with E-state index in [9.17, 15) is 15.0 Å². The van der Waals surface area contributed by atoms with E-state index in [0.29, 0.717) is 22.5 Å². The predicted octanol–water partition coefficient (Wildman–Crippen LogP) is 1.66. The largest absolute Gasteiger partial charge is 0.491 e. The maximum Gasteiger partial charge on any atom is 0.316 e. The number of rotatable bonds is 5. The number of nitrogens with one attached hydrogen (secondary N) is 1. The van der Waals surface area contributed by atoms with Crippen LogP contribution in [0.15, 0.2) is 42.9 Å². The van der Waals surface area contributed by atoms with E-state index in [-0.39, 0.29) is 11.8 Å². The van der Waals surface area contributed by atoms with Gasteiger partial charge >= 0.3 is 6.03 Å². The molecule has 1 aliphatic heterocycles. The van der Waals surface area contributed by atoms with Crippen LogP contribution in [0.5, 0.6) is 5.75 Å². The Morgan fingerprint density at radius 3 is 3.00 bits per heavy atom. The van der Waals surface area contributed by atoms with Gasteiger partial charge in [-0.15, -0.1) is 0 Å². The Hall–Kier alpha value is -2.92. The number of halogens is 1. The van der Waals surface area contributed by atoms with Crippen LogP contribution in [-0.2, 0) is 4.74 Å². The standard InChI is InChI=1S/C19H20ClN5O5/c1-19(28)13(8-29-11-4-2-3-10(7-11)24-18(21)27)30-17(14(19)26)25-6-5-12-15(20)22-9-23-16(12)25/h2-7,9,13-14,17,26,28H,8H2,1H3,(H3,21,24,27)/t13-,14+,17-,19-/m1/s1. The van der Waals surface area contributed by atoms with Crippen molar-refractivity contribution in [1.29, 1.82) is 0 Å². The molecule has 0 saturated carbocycles. The Morgan fingerprint density at radius 2 is 2.23 bits per heavy atom. The molecule has 3 heterocycles. The van der Waals surface area contributed by atoms with Gasteiger partial charge in [0.15, 0.2) is 6.23 Å². The van der Waals surface area contributed by atoms with Gasteiger partial charge in [-0.3, -0.25) is 0 Å². The fraction of sp³-hybridized carbons (Fsp3) is 0.316. The molecule has 0 spiro atoms. The fourth-order valence-electron chi connectivity index (χ4n) is 3.41. The highest BCUT2D eigenvalue weighted by Crippen LogP contribution is 2.39. The molecule has 1 aliphatic rings. The molecule has 0 unspecified atom stereocenters. The summed E-state index contributed by atoms with van der Waals surface area (Å²) in [6, 6.07) is 7.63. The first-order valence-electron chi connectivity index (χ1n) is 9.09. The number of hydrogen-bond donors (Lipinski definition) is 4. The van der Waals surface area contributed by atoms with Gasteiger partial charge in [0, 0.05) is 18.0 Å². The molecule has 1 saturated heterocycles. The van der Waals surface area contributed by atoms with E-state index in [2.05, 4.69) is 15.3 Å². The SMILES string of the molecule is C[C@@]1(O)[C@@H](COc2cccc(NC(N)=O)c2)O[C@@H](n2ccc3c(Cl)ncnc32)[C@@H]1O. The van der Waals surface area contributed by atoms with Crippen LogP contribution in [0.1, 0.15) is 13.2 Å². The number of aliphatic hydroxyl groups excluding tert-OH is 1. The maximum absolute atomic E-state index is 11.0. The molecule has 158 valence electrons. The number of benzene rings is 1. The van der Waals surface area contributed by atoms with Crippen LogP contribution in [0.4, 0.5) is 10.5 Å². The van der Waals surface area contributed by atoms with Crippen molar-refractivity contribution in [3.05, 3.63) is 48.0 Å². The third-order valence-corrected chi connectivity index (χ3v) is 5.36. The van der Waals surface area contributed by atoms with E-state index >= 15 is 0 Å². The number of urea groups is 1. The van der Waals surface area contributed by atoms with Crippen LogP contribution >= 0.6 is 11.6 Å². The number of nitrogens with two attached hydrogens (primary N) is 1. The third-order valence-electron chi connectivity index (χ3n) is 5.06. The number of carbonyl (C=O) groups is 1. The number of hydrogen-bond acceptors (Lipinski definition) is 7. The molecule has 10 nitrogen and oxygen atoms in total. The molecule has 2 aromatic heterocycles. The minimum atomic E-state index is -1.60. The van der Waals surface area contributed by atoms with Crippen LogP contribution in [0.2, 0.25) is 5.15 Å². The fourth-order valence-corrected chi connectivity index (χ4v) is 3.60. The molecule has 30 heavy (non-hydrogen) atoms. The molecular weight excluding hydrogens is 414 g/mol. The number of nitrogens with zero attached hydrogens (tertiary/aromatic N) is 3. The Labute approximate surface area is 176 Å². The lowest BCUT2D eigenvalue weighted by atomic mass is 9.95. The molecule has 1 fully saturated rings.